The van der Waals surface area contributed by atoms with Crippen LogP contribution in [0.25, 0.3) is 0 Å². The van der Waals surface area contributed by atoms with Crippen LogP contribution in [0.15, 0.2) is 24.3 Å². The summed E-state index contributed by atoms with van der Waals surface area (Å²) in [6.07, 6.45) is 5.61. The van der Waals surface area contributed by atoms with Crippen molar-refractivity contribution in [2.75, 3.05) is 13.2 Å². The van der Waals surface area contributed by atoms with Gasteiger partial charge in [0.2, 0.25) is 0 Å². The summed E-state index contributed by atoms with van der Waals surface area (Å²) in [5.74, 6) is 0.755. The van der Waals surface area contributed by atoms with Gasteiger partial charge in [0, 0.05) is 12.6 Å². The van der Waals surface area contributed by atoms with Crippen LogP contribution in [0.3, 0.4) is 0 Å². The van der Waals surface area contributed by atoms with Crippen LogP contribution in [-0.4, -0.2) is 41.2 Å². The molecular formula is C18H26ClNO3. The van der Waals surface area contributed by atoms with Crippen LogP contribution >= 0.6 is 12.4 Å². The van der Waals surface area contributed by atoms with E-state index in [9.17, 15) is 9.90 Å². The third-order valence-corrected chi connectivity index (χ3v) is 5.11. The summed E-state index contributed by atoms with van der Waals surface area (Å²) in [5, 5.41) is 9.50. The van der Waals surface area contributed by atoms with Crippen molar-refractivity contribution in [3.8, 4) is 5.75 Å². The van der Waals surface area contributed by atoms with E-state index in [1.807, 2.05) is 31.2 Å². The Labute approximate surface area is 144 Å². The van der Waals surface area contributed by atoms with E-state index in [0.29, 0.717) is 25.1 Å². The highest BCUT2D eigenvalue weighted by atomic mass is 35.5. The van der Waals surface area contributed by atoms with Gasteiger partial charge in [0.25, 0.3) is 0 Å². The number of carboxylic acids is 1. The van der Waals surface area contributed by atoms with Gasteiger partial charge in [-0.05, 0) is 49.8 Å². The molecule has 2 aliphatic rings. The molecule has 3 atom stereocenters. The van der Waals surface area contributed by atoms with Crippen LogP contribution in [0, 0.1) is 12.8 Å². The molecular weight excluding hydrogens is 314 g/mol. The second kappa shape index (κ2) is 8.02. The van der Waals surface area contributed by atoms with Crippen LogP contribution in [-0.2, 0) is 4.79 Å². The lowest BCUT2D eigenvalue weighted by Crippen LogP contribution is -2.44. The van der Waals surface area contributed by atoms with Crippen LogP contribution in [0.2, 0.25) is 0 Å². The van der Waals surface area contributed by atoms with Gasteiger partial charge in [-0.3, -0.25) is 9.69 Å². The third kappa shape index (κ3) is 4.18. The van der Waals surface area contributed by atoms with Crippen LogP contribution < -0.4 is 4.74 Å². The van der Waals surface area contributed by atoms with Crippen molar-refractivity contribution in [3.05, 3.63) is 29.8 Å². The molecule has 4 nitrogen and oxygen atoms in total. The number of hydrogen-bond donors (Lipinski definition) is 1. The molecule has 1 N–H and O–H groups in total. The Balaban J connectivity index is 0.00000192. The zero-order valence-electron chi connectivity index (χ0n) is 13.6. The Morgan fingerprint density at radius 1 is 1.35 bits per heavy atom. The topological polar surface area (TPSA) is 49.8 Å². The fourth-order valence-corrected chi connectivity index (χ4v) is 4.09. The molecule has 23 heavy (non-hydrogen) atoms. The van der Waals surface area contributed by atoms with E-state index in [2.05, 4.69) is 4.90 Å². The zero-order valence-corrected chi connectivity index (χ0v) is 14.4. The molecule has 3 rings (SSSR count). The molecule has 0 amide bonds. The predicted octanol–water partition coefficient (Wildman–Crippen LogP) is 3.51. The van der Waals surface area contributed by atoms with E-state index in [4.69, 9.17) is 4.74 Å². The molecule has 3 unspecified atom stereocenters. The lowest BCUT2D eigenvalue weighted by atomic mass is 9.85. The molecule has 128 valence electrons. The van der Waals surface area contributed by atoms with Gasteiger partial charge >= 0.3 is 5.97 Å². The first-order valence-corrected chi connectivity index (χ1v) is 8.33. The lowest BCUT2D eigenvalue weighted by molar-refractivity contribution is -0.142. The van der Waals surface area contributed by atoms with Crippen LogP contribution in [0.4, 0.5) is 0 Å². The number of fused-ring (bicyclic) bond motifs is 1. The summed E-state index contributed by atoms with van der Waals surface area (Å²) in [7, 11) is 0. The van der Waals surface area contributed by atoms with Gasteiger partial charge in [0.05, 0.1) is 0 Å². The van der Waals surface area contributed by atoms with Crippen molar-refractivity contribution in [2.45, 2.75) is 51.1 Å². The van der Waals surface area contributed by atoms with Gasteiger partial charge < -0.3 is 9.84 Å². The van der Waals surface area contributed by atoms with E-state index >= 15 is 0 Å². The second-order valence-corrected chi connectivity index (χ2v) is 6.60. The molecule has 1 saturated heterocycles. The summed E-state index contributed by atoms with van der Waals surface area (Å²) in [6, 6.07) is 8.11. The van der Waals surface area contributed by atoms with Crippen molar-refractivity contribution >= 4 is 18.4 Å². The van der Waals surface area contributed by atoms with E-state index < -0.39 is 5.97 Å². The van der Waals surface area contributed by atoms with Gasteiger partial charge in [-0.2, -0.15) is 0 Å². The molecule has 5 heteroatoms. The maximum Gasteiger partial charge on any atom is 0.320 e. The molecule has 2 fully saturated rings. The van der Waals surface area contributed by atoms with Crippen molar-refractivity contribution in [1.29, 1.82) is 0 Å². The zero-order chi connectivity index (χ0) is 15.5. The largest absolute Gasteiger partial charge is 0.492 e. The number of aryl methyl sites for hydroxylation is 1. The Bertz CT molecular complexity index is 537. The molecule has 1 heterocycles. The van der Waals surface area contributed by atoms with E-state index in [1.165, 1.54) is 24.8 Å². The Morgan fingerprint density at radius 3 is 2.87 bits per heavy atom. The number of aliphatic carboxylic acids is 1. The van der Waals surface area contributed by atoms with Crippen molar-refractivity contribution < 1.29 is 14.6 Å². The van der Waals surface area contributed by atoms with Gasteiger partial charge in [-0.25, -0.2) is 0 Å². The van der Waals surface area contributed by atoms with Crippen LogP contribution in [0.5, 0.6) is 5.75 Å². The Kier molecular flexibility index (Phi) is 6.31. The highest BCUT2D eigenvalue weighted by molar-refractivity contribution is 5.85. The summed E-state index contributed by atoms with van der Waals surface area (Å²) >= 11 is 0. The molecule has 0 spiro atoms. The summed E-state index contributed by atoms with van der Waals surface area (Å²) in [5.41, 5.74) is 1.18. The number of nitrogens with zero attached hydrogens (tertiary/aromatic N) is 1. The van der Waals surface area contributed by atoms with Gasteiger partial charge in [0.15, 0.2) is 0 Å². The number of carboxylic acid groups (broad SMARTS) is 1. The molecule has 1 aromatic rings. The SMILES string of the molecule is Cc1cccc(OCCN2C(C(=O)O)CC3CCCCC32)c1.Cl. The van der Waals surface area contributed by atoms with E-state index in [-0.39, 0.29) is 18.4 Å². The molecule has 0 bridgehead atoms. The number of benzene rings is 1. The van der Waals surface area contributed by atoms with Crippen molar-refractivity contribution in [2.24, 2.45) is 5.92 Å². The average molecular weight is 340 g/mol. The third-order valence-electron chi connectivity index (χ3n) is 5.11. The molecule has 0 aromatic heterocycles. The smallest absolute Gasteiger partial charge is 0.320 e. The number of likely N-dealkylation sites (tertiary alicyclic amines) is 1. The minimum Gasteiger partial charge on any atom is -0.492 e. The molecule has 1 aliphatic heterocycles. The maximum absolute atomic E-state index is 11.6. The molecule has 1 aliphatic carbocycles. The first kappa shape index (κ1) is 18.1. The molecule has 1 saturated carbocycles. The number of ether oxygens (including phenoxy) is 1. The van der Waals surface area contributed by atoms with Crippen LogP contribution in [0.1, 0.15) is 37.7 Å². The normalized spacial score (nSPS) is 27.1. The predicted molar refractivity (Wildman–Crippen MR) is 92.4 cm³/mol. The van der Waals surface area contributed by atoms with Crippen molar-refractivity contribution in [3.63, 3.8) is 0 Å². The quantitative estimate of drug-likeness (QED) is 0.891. The number of hydrogen-bond acceptors (Lipinski definition) is 3. The molecule has 0 radical (unpaired) electrons. The van der Waals surface area contributed by atoms with E-state index in [1.54, 1.807) is 0 Å². The first-order valence-electron chi connectivity index (χ1n) is 8.33. The van der Waals surface area contributed by atoms with Crippen molar-refractivity contribution in [1.82, 2.24) is 4.90 Å². The summed E-state index contributed by atoms with van der Waals surface area (Å²) in [6.45, 7) is 3.29. The highest BCUT2D eigenvalue weighted by Crippen LogP contribution is 2.39. The Hall–Kier alpha value is -1.26. The standard InChI is InChI=1S/C18H25NO3.ClH/c1-13-5-4-7-15(11-13)22-10-9-19-16-8-3-2-6-14(16)12-17(19)18(20)21;/h4-5,7,11,14,16-17H,2-3,6,8-10,12H2,1H3,(H,20,21);1H. The average Bonchev–Trinajstić information content (AvgIpc) is 2.87. The number of halogens is 1. The molecule has 1 aromatic carbocycles. The fraction of sp³-hybridized carbons (Fsp3) is 0.611. The van der Waals surface area contributed by atoms with Gasteiger partial charge in [0.1, 0.15) is 18.4 Å². The number of rotatable bonds is 5. The minimum absolute atomic E-state index is 0. The number of carbonyl (C=O) groups is 1. The minimum atomic E-state index is -0.676. The Morgan fingerprint density at radius 2 is 2.13 bits per heavy atom. The van der Waals surface area contributed by atoms with Gasteiger partial charge in [-0.15, -0.1) is 12.4 Å². The lowest BCUT2D eigenvalue weighted by Gasteiger charge is -2.32. The summed E-state index contributed by atoms with van der Waals surface area (Å²) < 4.78 is 5.82. The summed E-state index contributed by atoms with van der Waals surface area (Å²) in [4.78, 5) is 13.7. The van der Waals surface area contributed by atoms with E-state index in [0.717, 1.165) is 18.6 Å². The van der Waals surface area contributed by atoms with Gasteiger partial charge in [-0.1, -0.05) is 25.0 Å². The maximum atomic E-state index is 11.6. The highest BCUT2D eigenvalue weighted by Gasteiger charge is 2.44. The first-order chi connectivity index (χ1) is 10.6. The fourth-order valence-electron chi connectivity index (χ4n) is 4.09. The monoisotopic (exact) mass is 339 g/mol. The second-order valence-electron chi connectivity index (χ2n) is 6.60.